The van der Waals surface area contributed by atoms with Gasteiger partial charge in [0.15, 0.2) is 0 Å². The summed E-state index contributed by atoms with van der Waals surface area (Å²) in [5.41, 5.74) is 2.40. The molecule has 1 heterocycles. The van der Waals surface area contributed by atoms with Crippen LogP contribution in [0.1, 0.15) is 41.8 Å². The Balaban J connectivity index is 2.01. The van der Waals surface area contributed by atoms with Crippen molar-refractivity contribution in [3.8, 4) is 0 Å². The van der Waals surface area contributed by atoms with E-state index in [0.717, 1.165) is 12.0 Å². The molecule has 28 heavy (non-hydrogen) atoms. The lowest BCUT2D eigenvalue weighted by atomic mass is 10.0. The Bertz CT molecular complexity index is 1000. The van der Waals surface area contributed by atoms with Crippen LogP contribution in [-0.4, -0.2) is 38.3 Å². The number of aryl methyl sites for hydroxylation is 2. The van der Waals surface area contributed by atoms with Gasteiger partial charge in [0.2, 0.25) is 10.0 Å². The quantitative estimate of drug-likeness (QED) is 0.762. The number of nitrogens with zero attached hydrogens (tertiary/aromatic N) is 2. The summed E-state index contributed by atoms with van der Waals surface area (Å²) in [6, 6.07) is 9.19. The van der Waals surface area contributed by atoms with Crippen LogP contribution in [0.15, 0.2) is 41.3 Å². The van der Waals surface area contributed by atoms with Gasteiger partial charge in [0, 0.05) is 30.9 Å². The Hall–Kier alpha value is -2.25. The average Bonchev–Trinajstić information content (AvgIpc) is 2.67. The summed E-state index contributed by atoms with van der Waals surface area (Å²) >= 11 is 0. The van der Waals surface area contributed by atoms with E-state index in [4.69, 9.17) is 0 Å². The summed E-state index contributed by atoms with van der Waals surface area (Å²) in [6.45, 7) is 6.54. The lowest BCUT2D eigenvalue weighted by Crippen LogP contribution is -2.36. The van der Waals surface area contributed by atoms with E-state index in [0.29, 0.717) is 42.9 Å². The second kappa shape index (κ2) is 8.01. The number of hydrogen-bond donors (Lipinski definition) is 0. The van der Waals surface area contributed by atoms with Gasteiger partial charge >= 0.3 is 0 Å². The number of halogens is 1. The molecule has 0 fully saturated rings. The van der Waals surface area contributed by atoms with Crippen molar-refractivity contribution in [3.63, 3.8) is 0 Å². The number of fused-ring (bicyclic) bond motifs is 1. The molecule has 5 nitrogen and oxygen atoms in total. The minimum atomic E-state index is -3.67. The third-order valence-corrected chi connectivity index (χ3v) is 7.36. The van der Waals surface area contributed by atoms with Gasteiger partial charge in [-0.3, -0.25) is 4.79 Å². The monoisotopic (exact) mass is 404 g/mol. The van der Waals surface area contributed by atoms with Crippen LogP contribution in [0.5, 0.6) is 0 Å². The molecular weight excluding hydrogens is 379 g/mol. The smallest absolute Gasteiger partial charge is 0.258 e. The predicted molar refractivity (Wildman–Crippen MR) is 108 cm³/mol. The molecule has 0 bridgehead atoms. The van der Waals surface area contributed by atoms with Crippen LogP contribution in [0, 0.1) is 12.7 Å². The van der Waals surface area contributed by atoms with Crippen molar-refractivity contribution in [1.29, 1.82) is 0 Å². The van der Waals surface area contributed by atoms with Crippen molar-refractivity contribution in [3.05, 3.63) is 58.9 Å². The Morgan fingerprint density at radius 3 is 2.54 bits per heavy atom. The third-order valence-electron chi connectivity index (χ3n) is 5.16. The van der Waals surface area contributed by atoms with Gasteiger partial charge in [-0.05, 0) is 61.2 Å². The Morgan fingerprint density at radius 2 is 1.86 bits per heavy atom. The second-order valence-electron chi connectivity index (χ2n) is 6.90. The van der Waals surface area contributed by atoms with Crippen molar-refractivity contribution < 1.29 is 17.6 Å². The molecule has 0 aliphatic carbocycles. The van der Waals surface area contributed by atoms with E-state index in [2.05, 4.69) is 0 Å². The highest BCUT2D eigenvalue weighted by Gasteiger charge is 2.28. The van der Waals surface area contributed by atoms with E-state index in [-0.39, 0.29) is 16.6 Å². The first-order valence-electron chi connectivity index (χ1n) is 9.50. The van der Waals surface area contributed by atoms with Crippen molar-refractivity contribution >= 4 is 21.6 Å². The number of amides is 1. The fraction of sp³-hybridized carbons (Fsp3) is 0.381. The summed E-state index contributed by atoms with van der Waals surface area (Å²) in [5, 5.41) is 0. The van der Waals surface area contributed by atoms with Gasteiger partial charge in [0.05, 0.1) is 4.90 Å². The fourth-order valence-corrected chi connectivity index (χ4v) is 5.35. The molecule has 3 rings (SSSR count). The molecule has 0 atom stereocenters. The molecule has 150 valence electrons. The summed E-state index contributed by atoms with van der Waals surface area (Å²) in [4.78, 5) is 14.9. The van der Waals surface area contributed by atoms with E-state index in [1.54, 1.807) is 43.9 Å². The van der Waals surface area contributed by atoms with Crippen LogP contribution in [0.4, 0.5) is 10.1 Å². The Morgan fingerprint density at radius 1 is 1.14 bits per heavy atom. The number of benzene rings is 2. The van der Waals surface area contributed by atoms with Crippen molar-refractivity contribution in [2.45, 2.75) is 38.5 Å². The van der Waals surface area contributed by atoms with Crippen LogP contribution in [-0.2, 0) is 16.4 Å². The van der Waals surface area contributed by atoms with Crippen molar-refractivity contribution in [2.24, 2.45) is 0 Å². The maximum absolute atomic E-state index is 13.5. The molecule has 2 aromatic carbocycles. The Labute approximate surface area is 165 Å². The fourth-order valence-electron chi connectivity index (χ4n) is 3.65. The first-order valence-corrected chi connectivity index (χ1v) is 10.9. The summed E-state index contributed by atoms with van der Waals surface area (Å²) < 4.78 is 40.8. The number of rotatable bonds is 5. The van der Waals surface area contributed by atoms with E-state index in [9.17, 15) is 17.6 Å². The molecule has 0 radical (unpaired) electrons. The number of anilines is 1. The molecule has 0 saturated heterocycles. The SMILES string of the molecule is CCN(CC)S(=O)(=O)c1cc(C(=O)N2CCCc3cc(F)ccc32)ccc1C. The molecule has 0 spiro atoms. The van der Waals surface area contributed by atoms with Crippen molar-refractivity contribution in [1.82, 2.24) is 4.31 Å². The number of hydrogen-bond acceptors (Lipinski definition) is 3. The lowest BCUT2D eigenvalue weighted by molar-refractivity contribution is 0.0985. The topological polar surface area (TPSA) is 57.7 Å². The molecule has 0 saturated carbocycles. The molecular formula is C21H25FN2O3S. The first-order chi connectivity index (χ1) is 13.3. The third kappa shape index (κ3) is 3.69. The zero-order valence-corrected chi connectivity index (χ0v) is 17.2. The maximum Gasteiger partial charge on any atom is 0.258 e. The second-order valence-corrected chi connectivity index (χ2v) is 8.81. The van der Waals surface area contributed by atoms with Crippen molar-refractivity contribution in [2.75, 3.05) is 24.5 Å². The number of sulfonamides is 1. The molecule has 0 N–H and O–H groups in total. The van der Waals surface area contributed by atoms with Crippen LogP contribution < -0.4 is 4.90 Å². The molecule has 0 aromatic heterocycles. The van der Waals surface area contributed by atoms with Gasteiger partial charge < -0.3 is 4.90 Å². The van der Waals surface area contributed by atoms with Crippen LogP contribution >= 0.6 is 0 Å². The highest BCUT2D eigenvalue weighted by molar-refractivity contribution is 7.89. The largest absolute Gasteiger partial charge is 0.308 e. The molecule has 0 unspecified atom stereocenters. The average molecular weight is 405 g/mol. The molecule has 1 aliphatic rings. The highest BCUT2D eigenvalue weighted by Crippen LogP contribution is 2.30. The normalized spacial score (nSPS) is 14.2. The van der Waals surface area contributed by atoms with Gasteiger partial charge in [-0.1, -0.05) is 19.9 Å². The molecule has 1 amide bonds. The van der Waals surface area contributed by atoms with Gasteiger partial charge in [-0.2, -0.15) is 4.31 Å². The van der Waals surface area contributed by atoms with Gasteiger partial charge in [-0.15, -0.1) is 0 Å². The van der Waals surface area contributed by atoms with Gasteiger partial charge in [-0.25, -0.2) is 12.8 Å². The van der Waals surface area contributed by atoms with E-state index in [1.807, 2.05) is 0 Å². The van der Waals surface area contributed by atoms with Crippen LogP contribution in [0.3, 0.4) is 0 Å². The van der Waals surface area contributed by atoms with Crippen LogP contribution in [0.2, 0.25) is 0 Å². The molecule has 1 aliphatic heterocycles. The van der Waals surface area contributed by atoms with E-state index in [1.165, 1.54) is 22.5 Å². The maximum atomic E-state index is 13.5. The van der Waals surface area contributed by atoms with E-state index < -0.39 is 10.0 Å². The lowest BCUT2D eigenvalue weighted by Gasteiger charge is -2.30. The highest BCUT2D eigenvalue weighted by atomic mass is 32.2. The van der Waals surface area contributed by atoms with Gasteiger partial charge in [0.1, 0.15) is 5.82 Å². The molecule has 7 heteroatoms. The minimum Gasteiger partial charge on any atom is -0.308 e. The first kappa shape index (κ1) is 20.5. The predicted octanol–water partition coefficient (Wildman–Crippen LogP) is 3.76. The summed E-state index contributed by atoms with van der Waals surface area (Å²) in [5.74, 6) is -0.598. The zero-order chi connectivity index (χ0) is 20.5. The summed E-state index contributed by atoms with van der Waals surface area (Å²) in [7, 11) is -3.67. The minimum absolute atomic E-state index is 0.151. The zero-order valence-electron chi connectivity index (χ0n) is 16.4. The Kier molecular flexibility index (Phi) is 5.86. The van der Waals surface area contributed by atoms with E-state index >= 15 is 0 Å². The number of carbonyl (C=O) groups is 1. The standard InChI is InChI=1S/C21H25FN2O3S/c1-4-23(5-2)28(26,27)20-14-17(9-8-15(20)3)21(25)24-12-6-7-16-13-18(22)10-11-19(16)24/h8-11,13-14H,4-7,12H2,1-3H3. The molecule has 2 aromatic rings. The summed E-state index contributed by atoms with van der Waals surface area (Å²) in [6.07, 6.45) is 1.45. The van der Waals surface area contributed by atoms with Crippen LogP contribution in [0.25, 0.3) is 0 Å². The number of carbonyl (C=O) groups excluding carboxylic acids is 1. The van der Waals surface area contributed by atoms with Gasteiger partial charge in [0.25, 0.3) is 5.91 Å².